The number of nitrogens with zero attached hydrogens (tertiary/aromatic N) is 5. The summed E-state index contributed by atoms with van der Waals surface area (Å²) in [6.07, 6.45) is 8.46. The summed E-state index contributed by atoms with van der Waals surface area (Å²) >= 11 is 5.69. The van der Waals surface area contributed by atoms with Crippen LogP contribution in [0.3, 0.4) is 0 Å². The fourth-order valence-corrected chi connectivity index (χ4v) is 3.18. The van der Waals surface area contributed by atoms with Crippen LogP contribution in [0.4, 0.5) is 0 Å². The molecule has 8 heteroatoms. The Bertz CT molecular complexity index is 964. The minimum Gasteiger partial charge on any atom is -0.337 e. The van der Waals surface area contributed by atoms with E-state index in [1.54, 1.807) is 43.0 Å². The first-order valence-electron chi connectivity index (χ1n) is 8.58. The van der Waals surface area contributed by atoms with Gasteiger partial charge in [0.2, 0.25) is 5.28 Å². The lowest BCUT2D eigenvalue weighted by Gasteiger charge is -2.13. The number of unbranched alkanes of at least 4 members (excludes halogenated alkanes) is 1. The summed E-state index contributed by atoms with van der Waals surface area (Å²) in [5.74, 6) is -0.411. The first-order valence-corrected chi connectivity index (χ1v) is 8.96. The fraction of sp³-hybridized carbons (Fsp3) is 0.211. The van der Waals surface area contributed by atoms with E-state index in [9.17, 15) is 9.59 Å². The smallest absolute Gasteiger partial charge is 0.261 e. The molecule has 0 fully saturated rings. The Morgan fingerprint density at radius 2 is 1.52 bits per heavy atom. The molecule has 3 aromatic rings. The molecule has 7 nitrogen and oxygen atoms in total. The van der Waals surface area contributed by atoms with Gasteiger partial charge in [0.25, 0.3) is 11.8 Å². The Kier molecular flexibility index (Phi) is 4.68. The van der Waals surface area contributed by atoms with Gasteiger partial charge >= 0.3 is 0 Å². The third kappa shape index (κ3) is 3.46. The van der Waals surface area contributed by atoms with Crippen LogP contribution in [0.2, 0.25) is 5.28 Å². The van der Waals surface area contributed by atoms with E-state index in [0.717, 1.165) is 30.6 Å². The van der Waals surface area contributed by atoms with Crippen LogP contribution in [0.15, 0.2) is 49.2 Å². The van der Waals surface area contributed by atoms with Crippen molar-refractivity contribution in [3.63, 3.8) is 0 Å². The molecule has 0 unspecified atom stereocenters. The van der Waals surface area contributed by atoms with Crippen LogP contribution in [0.5, 0.6) is 0 Å². The molecule has 0 radical (unpaired) electrons. The highest BCUT2D eigenvalue weighted by atomic mass is 35.5. The number of carbonyl (C=O) groups excluding carboxylic acids is 2. The molecule has 1 aromatic carbocycles. The highest BCUT2D eigenvalue weighted by Gasteiger charge is 2.34. The average Bonchev–Trinajstić information content (AvgIpc) is 3.25. The van der Waals surface area contributed by atoms with Crippen LogP contribution >= 0.6 is 11.6 Å². The Hall–Kier alpha value is -3.06. The molecule has 2 aromatic heterocycles. The van der Waals surface area contributed by atoms with E-state index < -0.39 is 0 Å². The van der Waals surface area contributed by atoms with Crippen molar-refractivity contribution in [1.29, 1.82) is 0 Å². The highest BCUT2D eigenvalue weighted by molar-refractivity contribution is 6.28. The lowest BCUT2D eigenvalue weighted by atomic mass is 10.1. The molecular formula is C19H16ClN5O2. The summed E-state index contributed by atoms with van der Waals surface area (Å²) in [6, 6.07) is 6.94. The molecule has 0 spiro atoms. The van der Waals surface area contributed by atoms with Crippen molar-refractivity contribution in [2.24, 2.45) is 0 Å². The number of halogens is 1. The maximum absolute atomic E-state index is 12.3. The average molecular weight is 382 g/mol. The molecular weight excluding hydrogens is 366 g/mol. The third-order valence-corrected chi connectivity index (χ3v) is 4.67. The number of benzene rings is 1. The van der Waals surface area contributed by atoms with Gasteiger partial charge < -0.3 is 4.57 Å². The van der Waals surface area contributed by atoms with Crippen molar-refractivity contribution in [1.82, 2.24) is 24.4 Å². The Morgan fingerprint density at radius 1 is 0.889 bits per heavy atom. The molecule has 0 bridgehead atoms. The molecule has 0 saturated carbocycles. The standard InChI is InChI=1S/C19H16ClN5O2/c20-19-21-9-13(10-22-19)16-11-24(12-23-16)7-3-4-8-25-17(26)14-5-1-2-6-15(14)18(25)27/h1-2,5-6,9-12H,3-4,7-8H2. The van der Waals surface area contributed by atoms with Crippen LogP contribution < -0.4 is 0 Å². The van der Waals surface area contributed by atoms with Crippen LogP contribution in [0.25, 0.3) is 11.3 Å². The van der Waals surface area contributed by atoms with Gasteiger partial charge in [-0.05, 0) is 36.6 Å². The second kappa shape index (κ2) is 7.28. The van der Waals surface area contributed by atoms with Crippen molar-refractivity contribution in [3.05, 3.63) is 65.6 Å². The van der Waals surface area contributed by atoms with Crippen molar-refractivity contribution >= 4 is 23.4 Å². The number of hydrogen-bond donors (Lipinski definition) is 0. The number of aromatic nitrogens is 4. The third-order valence-electron chi connectivity index (χ3n) is 4.48. The predicted molar refractivity (Wildman–Crippen MR) is 99.3 cm³/mol. The van der Waals surface area contributed by atoms with Crippen molar-refractivity contribution < 1.29 is 9.59 Å². The quantitative estimate of drug-likeness (QED) is 0.372. The highest BCUT2D eigenvalue weighted by Crippen LogP contribution is 2.22. The van der Waals surface area contributed by atoms with Gasteiger partial charge in [0.15, 0.2) is 0 Å². The molecule has 2 amide bonds. The number of hydrogen-bond acceptors (Lipinski definition) is 5. The van der Waals surface area contributed by atoms with Crippen LogP contribution in [-0.2, 0) is 6.54 Å². The van der Waals surface area contributed by atoms with E-state index >= 15 is 0 Å². The van der Waals surface area contributed by atoms with Crippen molar-refractivity contribution in [2.75, 3.05) is 6.54 Å². The second-order valence-electron chi connectivity index (χ2n) is 6.25. The molecule has 3 heterocycles. The molecule has 27 heavy (non-hydrogen) atoms. The van der Waals surface area contributed by atoms with Gasteiger partial charge in [-0.2, -0.15) is 0 Å². The van der Waals surface area contributed by atoms with Gasteiger partial charge in [0.05, 0.1) is 23.1 Å². The first kappa shape index (κ1) is 17.4. The zero-order valence-corrected chi connectivity index (χ0v) is 15.1. The number of imidazole rings is 1. The lowest BCUT2D eigenvalue weighted by Crippen LogP contribution is -2.30. The summed E-state index contributed by atoms with van der Waals surface area (Å²) < 4.78 is 1.96. The molecule has 0 N–H and O–H groups in total. The number of fused-ring (bicyclic) bond motifs is 1. The van der Waals surface area contributed by atoms with Gasteiger partial charge in [0.1, 0.15) is 0 Å². The molecule has 0 atom stereocenters. The van der Waals surface area contributed by atoms with E-state index in [4.69, 9.17) is 11.6 Å². The summed E-state index contributed by atoms with van der Waals surface area (Å²) in [5, 5.41) is 0.200. The molecule has 4 rings (SSSR count). The van der Waals surface area contributed by atoms with E-state index in [1.807, 2.05) is 10.8 Å². The lowest BCUT2D eigenvalue weighted by molar-refractivity contribution is 0.0651. The minimum atomic E-state index is -0.205. The second-order valence-corrected chi connectivity index (χ2v) is 6.59. The van der Waals surface area contributed by atoms with Gasteiger partial charge in [-0.15, -0.1) is 0 Å². The predicted octanol–water partition coefficient (Wildman–Crippen LogP) is 3.07. The van der Waals surface area contributed by atoms with Crippen LogP contribution in [0.1, 0.15) is 33.6 Å². The van der Waals surface area contributed by atoms with Gasteiger partial charge in [-0.3, -0.25) is 14.5 Å². The maximum atomic E-state index is 12.3. The number of aryl methyl sites for hydroxylation is 1. The van der Waals surface area contributed by atoms with Gasteiger partial charge in [0, 0.05) is 37.2 Å². The van der Waals surface area contributed by atoms with E-state index in [1.165, 1.54) is 4.90 Å². The number of carbonyl (C=O) groups is 2. The first-order chi connectivity index (χ1) is 13.1. The van der Waals surface area contributed by atoms with E-state index in [2.05, 4.69) is 15.0 Å². The van der Waals surface area contributed by atoms with E-state index in [-0.39, 0.29) is 17.1 Å². The maximum Gasteiger partial charge on any atom is 0.261 e. The van der Waals surface area contributed by atoms with Gasteiger partial charge in [-0.1, -0.05) is 12.1 Å². The number of amides is 2. The number of imide groups is 1. The summed E-state index contributed by atoms with van der Waals surface area (Å²) in [5.41, 5.74) is 2.55. The SMILES string of the molecule is O=C1c2ccccc2C(=O)N1CCCCn1cnc(-c2cnc(Cl)nc2)c1. The molecule has 1 aliphatic heterocycles. The monoisotopic (exact) mass is 381 g/mol. The molecule has 0 aliphatic carbocycles. The Balaban J connectivity index is 1.31. The minimum absolute atomic E-state index is 0.200. The van der Waals surface area contributed by atoms with Gasteiger partial charge in [-0.25, -0.2) is 15.0 Å². The largest absolute Gasteiger partial charge is 0.337 e. The van der Waals surface area contributed by atoms with Crippen LogP contribution in [0, 0.1) is 0 Å². The van der Waals surface area contributed by atoms with Crippen molar-refractivity contribution in [2.45, 2.75) is 19.4 Å². The molecule has 0 saturated heterocycles. The summed E-state index contributed by atoms with van der Waals surface area (Å²) in [6.45, 7) is 1.16. The summed E-state index contributed by atoms with van der Waals surface area (Å²) in [7, 11) is 0. The molecule has 136 valence electrons. The normalized spacial score (nSPS) is 13.3. The Labute approximate surface area is 160 Å². The zero-order chi connectivity index (χ0) is 18.8. The summed E-state index contributed by atoms with van der Waals surface area (Å²) in [4.78, 5) is 38.2. The van der Waals surface area contributed by atoms with Crippen LogP contribution in [-0.4, -0.2) is 42.8 Å². The zero-order valence-electron chi connectivity index (χ0n) is 14.4. The van der Waals surface area contributed by atoms with E-state index in [0.29, 0.717) is 17.7 Å². The molecule has 1 aliphatic rings. The number of rotatable bonds is 6. The Morgan fingerprint density at radius 3 is 2.19 bits per heavy atom. The fourth-order valence-electron chi connectivity index (χ4n) is 3.08. The topological polar surface area (TPSA) is 81.0 Å². The van der Waals surface area contributed by atoms with Crippen molar-refractivity contribution in [3.8, 4) is 11.3 Å².